The number of hydrogen-bond donors (Lipinski definition) is 3. The van der Waals surface area contributed by atoms with Crippen LogP contribution in [0.25, 0.3) is 0 Å². The molecule has 1 aromatic carbocycles. The van der Waals surface area contributed by atoms with Gasteiger partial charge in [0.15, 0.2) is 0 Å². The molecule has 18 heavy (non-hydrogen) atoms. The maximum absolute atomic E-state index is 11.6. The van der Waals surface area contributed by atoms with E-state index in [1.54, 1.807) is 38.3 Å². The van der Waals surface area contributed by atoms with Gasteiger partial charge in [0.25, 0.3) is 0 Å². The third-order valence-electron chi connectivity index (χ3n) is 2.74. The van der Waals surface area contributed by atoms with Crippen molar-refractivity contribution in [3.05, 3.63) is 24.3 Å². The van der Waals surface area contributed by atoms with Crippen LogP contribution in [-0.4, -0.2) is 30.4 Å². The Morgan fingerprint density at radius 3 is 2.50 bits per heavy atom. The smallest absolute Gasteiger partial charge is 0.319 e. The molecule has 0 unspecified atom stereocenters. The van der Waals surface area contributed by atoms with Crippen molar-refractivity contribution in [2.24, 2.45) is 0 Å². The lowest BCUT2D eigenvalue weighted by Gasteiger charge is -2.21. The normalized spacial score (nSPS) is 13.6. The van der Waals surface area contributed by atoms with Crippen LogP contribution in [0.15, 0.2) is 24.3 Å². The number of aliphatic hydroxyl groups is 1. The Kier molecular flexibility index (Phi) is 4.97. The van der Waals surface area contributed by atoms with E-state index in [0.717, 1.165) is 5.75 Å². The molecule has 1 atom stereocenters. The van der Waals surface area contributed by atoms with E-state index < -0.39 is 5.60 Å². The van der Waals surface area contributed by atoms with Crippen LogP contribution in [0, 0.1) is 0 Å². The van der Waals surface area contributed by atoms with Gasteiger partial charge in [-0.3, -0.25) is 0 Å². The second-order valence-corrected chi connectivity index (χ2v) is 4.39. The molecule has 0 bridgehead atoms. The van der Waals surface area contributed by atoms with Crippen LogP contribution in [0.2, 0.25) is 0 Å². The molecule has 5 heteroatoms. The monoisotopic (exact) mass is 252 g/mol. The third-order valence-corrected chi connectivity index (χ3v) is 2.74. The Labute approximate surface area is 107 Å². The van der Waals surface area contributed by atoms with Crippen molar-refractivity contribution in [2.45, 2.75) is 25.9 Å². The van der Waals surface area contributed by atoms with Gasteiger partial charge in [-0.1, -0.05) is 6.92 Å². The number of amides is 2. The zero-order valence-electron chi connectivity index (χ0n) is 11.0. The van der Waals surface area contributed by atoms with Crippen molar-refractivity contribution >= 4 is 11.7 Å². The minimum Gasteiger partial charge on any atom is -0.497 e. The van der Waals surface area contributed by atoms with Crippen LogP contribution < -0.4 is 15.4 Å². The third kappa shape index (κ3) is 4.63. The van der Waals surface area contributed by atoms with E-state index in [4.69, 9.17) is 4.74 Å². The van der Waals surface area contributed by atoms with E-state index in [0.29, 0.717) is 12.1 Å². The van der Waals surface area contributed by atoms with Crippen molar-refractivity contribution in [3.8, 4) is 5.75 Å². The quantitative estimate of drug-likeness (QED) is 0.750. The summed E-state index contributed by atoms with van der Waals surface area (Å²) in [6, 6.07) is 6.68. The summed E-state index contributed by atoms with van der Waals surface area (Å²) in [4.78, 5) is 11.6. The molecule has 0 radical (unpaired) electrons. The molecule has 3 N–H and O–H groups in total. The predicted octanol–water partition coefficient (Wildman–Crippen LogP) is 1.98. The van der Waals surface area contributed by atoms with Crippen LogP contribution in [0.4, 0.5) is 10.5 Å². The summed E-state index contributed by atoms with van der Waals surface area (Å²) in [6.45, 7) is 3.76. The molecule has 1 rings (SSSR count). The van der Waals surface area contributed by atoms with Gasteiger partial charge < -0.3 is 20.5 Å². The Morgan fingerprint density at radius 1 is 1.39 bits per heavy atom. The molecular formula is C13H20N2O3. The molecule has 0 aliphatic rings. The van der Waals surface area contributed by atoms with Crippen molar-refractivity contribution in [2.75, 3.05) is 19.0 Å². The van der Waals surface area contributed by atoms with Crippen LogP contribution >= 0.6 is 0 Å². The van der Waals surface area contributed by atoms with E-state index in [2.05, 4.69) is 10.6 Å². The van der Waals surface area contributed by atoms with Gasteiger partial charge in [-0.05, 0) is 37.6 Å². The van der Waals surface area contributed by atoms with Crippen molar-refractivity contribution < 1.29 is 14.6 Å². The second kappa shape index (κ2) is 6.26. The van der Waals surface area contributed by atoms with E-state index in [-0.39, 0.29) is 12.6 Å². The van der Waals surface area contributed by atoms with Gasteiger partial charge in [0, 0.05) is 12.2 Å². The van der Waals surface area contributed by atoms with Gasteiger partial charge >= 0.3 is 6.03 Å². The lowest BCUT2D eigenvalue weighted by atomic mass is 10.0. The summed E-state index contributed by atoms with van der Waals surface area (Å²) in [5.74, 6) is 0.731. The van der Waals surface area contributed by atoms with Gasteiger partial charge in [-0.25, -0.2) is 4.79 Å². The van der Waals surface area contributed by atoms with Crippen LogP contribution in [0.1, 0.15) is 20.3 Å². The number of benzene rings is 1. The number of methoxy groups -OCH3 is 1. The van der Waals surface area contributed by atoms with Crippen molar-refractivity contribution in [3.63, 3.8) is 0 Å². The minimum absolute atomic E-state index is 0.214. The lowest BCUT2D eigenvalue weighted by molar-refractivity contribution is 0.0587. The topological polar surface area (TPSA) is 70.6 Å². The highest BCUT2D eigenvalue weighted by Crippen LogP contribution is 2.14. The highest BCUT2D eigenvalue weighted by Gasteiger charge is 2.18. The maximum Gasteiger partial charge on any atom is 0.319 e. The number of nitrogens with one attached hydrogen (secondary N) is 2. The van der Waals surface area contributed by atoms with Gasteiger partial charge in [-0.2, -0.15) is 0 Å². The zero-order chi connectivity index (χ0) is 13.6. The fourth-order valence-corrected chi connectivity index (χ4v) is 1.25. The van der Waals surface area contributed by atoms with E-state index in [1.165, 1.54) is 0 Å². The van der Waals surface area contributed by atoms with Crippen LogP contribution in [0.3, 0.4) is 0 Å². The molecule has 0 aliphatic carbocycles. The Balaban J connectivity index is 2.44. The fraction of sp³-hybridized carbons (Fsp3) is 0.462. The number of carbonyl (C=O) groups is 1. The first-order chi connectivity index (χ1) is 8.46. The first-order valence-corrected chi connectivity index (χ1v) is 5.88. The standard InChI is InChI=1S/C13H20N2O3/c1-4-13(2,17)9-14-12(16)15-10-5-7-11(18-3)8-6-10/h5-8,17H,4,9H2,1-3H3,(H2,14,15,16)/t13-/m1/s1. The summed E-state index contributed by atoms with van der Waals surface area (Å²) >= 11 is 0. The van der Waals surface area contributed by atoms with E-state index in [9.17, 15) is 9.90 Å². The van der Waals surface area contributed by atoms with Gasteiger partial charge in [0.1, 0.15) is 5.75 Å². The predicted molar refractivity (Wildman–Crippen MR) is 70.9 cm³/mol. The average Bonchev–Trinajstić information content (AvgIpc) is 2.37. The summed E-state index contributed by atoms with van der Waals surface area (Å²) in [5, 5.41) is 15.0. The van der Waals surface area contributed by atoms with E-state index in [1.807, 2.05) is 6.92 Å². The Morgan fingerprint density at radius 2 is 2.00 bits per heavy atom. The molecule has 0 saturated heterocycles. The molecule has 0 heterocycles. The molecular weight excluding hydrogens is 232 g/mol. The molecule has 0 spiro atoms. The van der Waals surface area contributed by atoms with Gasteiger partial charge in [0.2, 0.25) is 0 Å². The summed E-state index contributed by atoms with van der Waals surface area (Å²) in [7, 11) is 1.59. The maximum atomic E-state index is 11.6. The molecule has 0 aromatic heterocycles. The van der Waals surface area contributed by atoms with Crippen molar-refractivity contribution in [1.29, 1.82) is 0 Å². The lowest BCUT2D eigenvalue weighted by Crippen LogP contribution is -2.41. The molecule has 1 aromatic rings. The van der Waals surface area contributed by atoms with Gasteiger partial charge in [0.05, 0.1) is 12.7 Å². The molecule has 5 nitrogen and oxygen atoms in total. The molecule has 0 aliphatic heterocycles. The summed E-state index contributed by atoms with van der Waals surface area (Å²) < 4.78 is 5.02. The summed E-state index contributed by atoms with van der Waals surface area (Å²) in [5.41, 5.74) is -0.207. The first kappa shape index (κ1) is 14.3. The van der Waals surface area contributed by atoms with Crippen molar-refractivity contribution in [1.82, 2.24) is 5.32 Å². The number of rotatable bonds is 5. The number of hydrogen-bond acceptors (Lipinski definition) is 3. The Hall–Kier alpha value is -1.75. The number of anilines is 1. The Bertz CT molecular complexity index is 388. The first-order valence-electron chi connectivity index (χ1n) is 5.88. The highest BCUT2D eigenvalue weighted by molar-refractivity contribution is 5.89. The molecule has 100 valence electrons. The minimum atomic E-state index is -0.878. The highest BCUT2D eigenvalue weighted by atomic mass is 16.5. The fourth-order valence-electron chi connectivity index (χ4n) is 1.25. The molecule has 2 amide bonds. The van der Waals surface area contributed by atoms with Gasteiger partial charge in [-0.15, -0.1) is 0 Å². The summed E-state index contributed by atoms with van der Waals surface area (Å²) in [6.07, 6.45) is 0.579. The largest absolute Gasteiger partial charge is 0.497 e. The van der Waals surface area contributed by atoms with Crippen LogP contribution in [0.5, 0.6) is 5.75 Å². The number of urea groups is 1. The van der Waals surface area contributed by atoms with Crippen LogP contribution in [-0.2, 0) is 0 Å². The number of ether oxygens (including phenoxy) is 1. The SMILES string of the molecule is CC[C@@](C)(O)CNC(=O)Nc1ccc(OC)cc1. The molecule has 0 saturated carbocycles. The average molecular weight is 252 g/mol. The zero-order valence-corrected chi connectivity index (χ0v) is 11.0. The van der Waals surface area contributed by atoms with E-state index >= 15 is 0 Å². The molecule has 0 fully saturated rings. The number of carbonyl (C=O) groups excluding carboxylic acids is 1. The second-order valence-electron chi connectivity index (χ2n) is 4.39.